The molecule has 2 unspecified atom stereocenters. The summed E-state index contributed by atoms with van der Waals surface area (Å²) < 4.78 is 0. The molecule has 98 valence electrons. The summed E-state index contributed by atoms with van der Waals surface area (Å²) in [7, 11) is 0. The molecule has 2 heterocycles. The zero-order chi connectivity index (χ0) is 13.1. The van der Waals surface area contributed by atoms with E-state index in [2.05, 4.69) is 16.8 Å². The zero-order valence-electron chi connectivity index (χ0n) is 10.6. The number of rotatable bonds is 3. The molecule has 1 saturated heterocycles. The second kappa shape index (κ2) is 5.46. The van der Waals surface area contributed by atoms with Crippen LogP contribution in [0.4, 0.5) is 0 Å². The number of nitrogens with two attached hydrogens (primary N) is 1. The quantitative estimate of drug-likeness (QED) is 0.539. The van der Waals surface area contributed by atoms with Gasteiger partial charge in [-0.2, -0.15) is 0 Å². The van der Waals surface area contributed by atoms with Gasteiger partial charge in [0.15, 0.2) is 0 Å². The Balaban J connectivity index is 2.01. The van der Waals surface area contributed by atoms with Gasteiger partial charge in [0.2, 0.25) is 0 Å². The van der Waals surface area contributed by atoms with E-state index in [1.54, 1.807) is 6.20 Å². The normalized spacial score (nSPS) is 25.0. The summed E-state index contributed by atoms with van der Waals surface area (Å²) in [6, 6.07) is 3.77. The summed E-state index contributed by atoms with van der Waals surface area (Å²) in [4.78, 5) is 6.27. The Bertz CT molecular complexity index is 435. The van der Waals surface area contributed by atoms with Crippen molar-refractivity contribution in [1.82, 2.24) is 9.88 Å². The number of nitrogens with one attached hydrogen (secondary N) is 1. The van der Waals surface area contributed by atoms with Gasteiger partial charge in [-0.1, -0.05) is 6.92 Å². The van der Waals surface area contributed by atoms with Crippen LogP contribution in [0.5, 0.6) is 0 Å². The number of pyridine rings is 1. The lowest BCUT2D eigenvalue weighted by molar-refractivity contribution is 0.0259. The molecule has 1 aromatic rings. The Labute approximate surface area is 107 Å². The molecule has 18 heavy (non-hydrogen) atoms. The minimum atomic E-state index is -0.243. The van der Waals surface area contributed by atoms with Crippen molar-refractivity contribution in [2.75, 3.05) is 13.1 Å². The van der Waals surface area contributed by atoms with Crippen molar-refractivity contribution >= 4 is 5.84 Å². The van der Waals surface area contributed by atoms with E-state index in [0.717, 1.165) is 25.1 Å². The Kier molecular flexibility index (Phi) is 3.93. The van der Waals surface area contributed by atoms with Crippen molar-refractivity contribution in [3.05, 3.63) is 29.6 Å². The molecule has 1 aliphatic heterocycles. The smallest absolute Gasteiger partial charge is 0.141 e. The van der Waals surface area contributed by atoms with Gasteiger partial charge in [-0.15, -0.1) is 0 Å². The van der Waals surface area contributed by atoms with Crippen LogP contribution in [0.15, 0.2) is 18.3 Å². The van der Waals surface area contributed by atoms with E-state index in [0.29, 0.717) is 18.2 Å². The maximum Gasteiger partial charge on any atom is 0.141 e. The van der Waals surface area contributed by atoms with Crippen molar-refractivity contribution in [2.45, 2.75) is 26.0 Å². The van der Waals surface area contributed by atoms with Crippen molar-refractivity contribution in [2.24, 2.45) is 11.7 Å². The topological polar surface area (TPSA) is 86.2 Å². The van der Waals surface area contributed by atoms with Gasteiger partial charge in [-0.3, -0.25) is 15.3 Å². The first-order valence-corrected chi connectivity index (χ1v) is 6.26. The van der Waals surface area contributed by atoms with Crippen molar-refractivity contribution in [1.29, 1.82) is 5.41 Å². The van der Waals surface area contributed by atoms with Crippen LogP contribution >= 0.6 is 0 Å². The minimum Gasteiger partial charge on any atom is -0.392 e. The van der Waals surface area contributed by atoms with Crippen LogP contribution in [0.2, 0.25) is 0 Å². The molecule has 4 N–H and O–H groups in total. The number of nitrogens with zero attached hydrogens (tertiary/aromatic N) is 2. The second-order valence-corrected chi connectivity index (χ2v) is 5.03. The van der Waals surface area contributed by atoms with Crippen molar-refractivity contribution < 1.29 is 5.11 Å². The lowest BCUT2D eigenvalue weighted by Crippen LogP contribution is -2.42. The summed E-state index contributed by atoms with van der Waals surface area (Å²) >= 11 is 0. The largest absolute Gasteiger partial charge is 0.392 e. The number of nitrogen functional groups attached to an aromatic ring is 1. The highest BCUT2D eigenvalue weighted by atomic mass is 16.3. The Morgan fingerprint density at radius 2 is 2.44 bits per heavy atom. The van der Waals surface area contributed by atoms with Crippen molar-refractivity contribution in [3.63, 3.8) is 0 Å². The molecular formula is C13H20N4O. The average Bonchev–Trinajstić information content (AvgIpc) is 2.34. The second-order valence-electron chi connectivity index (χ2n) is 5.03. The molecule has 1 fully saturated rings. The lowest BCUT2D eigenvalue weighted by atomic mass is 9.96. The van der Waals surface area contributed by atoms with Crippen LogP contribution in [-0.2, 0) is 6.54 Å². The molecule has 2 atom stereocenters. The third-order valence-electron chi connectivity index (χ3n) is 3.51. The first-order valence-electron chi connectivity index (χ1n) is 6.26. The van der Waals surface area contributed by atoms with E-state index in [1.807, 2.05) is 12.1 Å². The number of piperidine rings is 1. The molecule has 0 bridgehead atoms. The lowest BCUT2D eigenvalue weighted by Gasteiger charge is -2.34. The molecule has 0 radical (unpaired) electrons. The molecule has 0 aliphatic carbocycles. The zero-order valence-corrected chi connectivity index (χ0v) is 10.6. The molecule has 1 aromatic heterocycles. The van der Waals surface area contributed by atoms with E-state index in [-0.39, 0.29) is 11.9 Å². The maximum atomic E-state index is 9.86. The number of aliphatic hydroxyl groups is 1. The van der Waals surface area contributed by atoms with E-state index in [9.17, 15) is 5.11 Å². The molecule has 5 heteroatoms. The molecule has 0 amide bonds. The average molecular weight is 248 g/mol. The Morgan fingerprint density at radius 3 is 3.11 bits per heavy atom. The predicted molar refractivity (Wildman–Crippen MR) is 70.3 cm³/mol. The van der Waals surface area contributed by atoms with Gasteiger partial charge < -0.3 is 10.8 Å². The molecular weight excluding hydrogens is 228 g/mol. The monoisotopic (exact) mass is 248 g/mol. The number of aliphatic hydroxyl groups excluding tert-OH is 1. The first-order chi connectivity index (χ1) is 8.56. The molecule has 5 nitrogen and oxygen atoms in total. The van der Waals surface area contributed by atoms with E-state index in [4.69, 9.17) is 11.1 Å². The number of aromatic nitrogens is 1. The number of hydrogen-bond acceptors (Lipinski definition) is 4. The van der Waals surface area contributed by atoms with Gasteiger partial charge in [0.25, 0.3) is 0 Å². The molecule has 0 spiro atoms. The summed E-state index contributed by atoms with van der Waals surface area (Å²) in [5.41, 5.74) is 7.02. The fourth-order valence-electron chi connectivity index (χ4n) is 2.24. The fraction of sp³-hybridized carbons (Fsp3) is 0.538. The van der Waals surface area contributed by atoms with Gasteiger partial charge >= 0.3 is 0 Å². The van der Waals surface area contributed by atoms with E-state index in [1.165, 1.54) is 0 Å². The van der Waals surface area contributed by atoms with Gasteiger partial charge in [0, 0.05) is 19.3 Å². The third kappa shape index (κ3) is 3.05. The fourth-order valence-corrected chi connectivity index (χ4v) is 2.24. The number of hydrogen-bond donors (Lipinski definition) is 3. The minimum absolute atomic E-state index is 0.0100. The first kappa shape index (κ1) is 13.0. The van der Waals surface area contributed by atoms with Gasteiger partial charge in [0.05, 0.1) is 6.10 Å². The van der Waals surface area contributed by atoms with Crippen LogP contribution in [0.3, 0.4) is 0 Å². The molecule has 2 rings (SSSR count). The highest BCUT2D eigenvalue weighted by Gasteiger charge is 2.24. The summed E-state index contributed by atoms with van der Waals surface area (Å²) in [6.45, 7) is 4.56. The summed E-state index contributed by atoms with van der Waals surface area (Å²) in [5, 5.41) is 17.2. The van der Waals surface area contributed by atoms with Crippen molar-refractivity contribution in [3.8, 4) is 0 Å². The SMILES string of the molecule is CC1CCN(Cc2ccnc(C(=N)N)c2)CC1O. The van der Waals surface area contributed by atoms with Crippen LogP contribution in [-0.4, -0.2) is 40.0 Å². The number of β-amino-alcohol motifs (C(OH)–C–C–N with tert-alkyl or cyclic N) is 1. The Hall–Kier alpha value is -1.46. The van der Waals surface area contributed by atoms with Crippen LogP contribution in [0.25, 0.3) is 0 Å². The Morgan fingerprint density at radius 1 is 1.67 bits per heavy atom. The van der Waals surface area contributed by atoms with E-state index >= 15 is 0 Å². The van der Waals surface area contributed by atoms with Gasteiger partial charge in [-0.05, 0) is 36.6 Å². The predicted octanol–water partition coefficient (Wildman–Crippen LogP) is 0.568. The number of likely N-dealkylation sites (tertiary alicyclic amines) is 1. The van der Waals surface area contributed by atoms with Crippen LogP contribution in [0.1, 0.15) is 24.6 Å². The third-order valence-corrected chi connectivity index (χ3v) is 3.51. The van der Waals surface area contributed by atoms with Crippen LogP contribution in [0, 0.1) is 11.3 Å². The summed E-state index contributed by atoms with van der Waals surface area (Å²) in [6.07, 6.45) is 2.45. The summed E-state index contributed by atoms with van der Waals surface area (Å²) in [5.74, 6) is 0.371. The van der Waals surface area contributed by atoms with Crippen LogP contribution < -0.4 is 5.73 Å². The maximum absolute atomic E-state index is 9.86. The highest BCUT2D eigenvalue weighted by molar-refractivity contribution is 5.93. The van der Waals surface area contributed by atoms with Gasteiger partial charge in [0.1, 0.15) is 11.5 Å². The molecule has 1 aliphatic rings. The highest BCUT2D eigenvalue weighted by Crippen LogP contribution is 2.18. The molecule has 0 saturated carbocycles. The van der Waals surface area contributed by atoms with Gasteiger partial charge in [-0.25, -0.2) is 0 Å². The standard InChI is InChI=1S/C13H20N4O/c1-9-3-5-17(8-12(9)18)7-10-2-4-16-11(6-10)13(14)15/h2,4,6,9,12,18H,3,5,7-8H2,1H3,(H3,14,15). The molecule has 0 aromatic carbocycles. The van der Waals surface area contributed by atoms with E-state index < -0.39 is 0 Å². The number of amidine groups is 1.